The Balaban J connectivity index is 2.15. The van der Waals surface area contributed by atoms with Gasteiger partial charge in [-0.3, -0.25) is 0 Å². The van der Waals surface area contributed by atoms with Crippen LogP contribution in [0.2, 0.25) is 0 Å². The summed E-state index contributed by atoms with van der Waals surface area (Å²) >= 11 is 0. The fourth-order valence-electron chi connectivity index (χ4n) is 1.66. The second-order valence-electron chi connectivity index (χ2n) is 3.84. The van der Waals surface area contributed by atoms with E-state index in [9.17, 15) is 4.39 Å². The molecule has 1 heterocycles. The molecule has 0 fully saturated rings. The Morgan fingerprint density at radius 1 is 1.42 bits per heavy atom. The number of aryl methyl sites for hydroxylation is 1. The fraction of sp³-hybridized carbons (Fsp3) is 0.273. The van der Waals surface area contributed by atoms with Crippen molar-refractivity contribution in [3.63, 3.8) is 0 Å². The molecule has 0 unspecified atom stereocenters. The quantitative estimate of drug-likeness (QED) is 0.725. The Bertz CT molecular complexity index is 562. The lowest BCUT2D eigenvalue weighted by Crippen LogP contribution is -2.32. The van der Waals surface area contributed by atoms with Gasteiger partial charge in [-0.25, -0.2) is 14.1 Å². The van der Waals surface area contributed by atoms with Gasteiger partial charge in [-0.2, -0.15) is 5.10 Å². The molecule has 0 amide bonds. The minimum atomic E-state index is -1.80. The van der Waals surface area contributed by atoms with Gasteiger partial charge in [0.25, 0.3) is 0 Å². The number of halogens is 1. The highest BCUT2D eigenvalue weighted by molar-refractivity contribution is 6.59. The zero-order chi connectivity index (χ0) is 13.8. The Hall–Kier alpha value is -1.93. The summed E-state index contributed by atoms with van der Waals surface area (Å²) in [5.74, 6) is 0.236. The third kappa shape index (κ3) is 3.10. The van der Waals surface area contributed by atoms with Gasteiger partial charge in [-0.1, -0.05) is 0 Å². The summed E-state index contributed by atoms with van der Waals surface area (Å²) in [6, 6.07) is 3.55. The topological polar surface area (TPSA) is 80.4 Å². The maximum absolute atomic E-state index is 13.0. The highest BCUT2D eigenvalue weighted by Gasteiger charge is 2.18. The largest absolute Gasteiger partial charge is 0.492 e. The Labute approximate surface area is 109 Å². The molecule has 2 N–H and O–H groups in total. The van der Waals surface area contributed by atoms with Crippen molar-refractivity contribution in [2.24, 2.45) is 0 Å². The van der Waals surface area contributed by atoms with Crippen molar-refractivity contribution < 1.29 is 19.2 Å². The SMILES string of the molecule is CCn1ncnc1COc1ccc(F)cc1B(O)O. The monoisotopic (exact) mass is 265 g/mol. The van der Waals surface area contributed by atoms with Crippen LogP contribution < -0.4 is 10.2 Å². The van der Waals surface area contributed by atoms with E-state index in [1.807, 2.05) is 6.92 Å². The molecule has 2 rings (SSSR count). The first kappa shape index (κ1) is 13.5. The molecule has 0 aliphatic heterocycles. The smallest absolute Gasteiger partial charge is 0.486 e. The fourth-order valence-corrected chi connectivity index (χ4v) is 1.66. The molecule has 0 bridgehead atoms. The molecule has 19 heavy (non-hydrogen) atoms. The van der Waals surface area contributed by atoms with Gasteiger partial charge in [0.2, 0.25) is 0 Å². The van der Waals surface area contributed by atoms with Crippen molar-refractivity contribution in [3.05, 3.63) is 36.2 Å². The zero-order valence-electron chi connectivity index (χ0n) is 10.3. The van der Waals surface area contributed by atoms with Gasteiger partial charge in [-0.05, 0) is 25.1 Å². The van der Waals surface area contributed by atoms with Crippen LogP contribution in [0.4, 0.5) is 4.39 Å². The van der Waals surface area contributed by atoms with Crippen molar-refractivity contribution in [2.45, 2.75) is 20.1 Å². The maximum Gasteiger partial charge on any atom is 0.492 e. The third-order valence-corrected chi connectivity index (χ3v) is 2.60. The molecular weight excluding hydrogens is 252 g/mol. The number of ether oxygens (including phenoxy) is 1. The molecule has 0 aliphatic rings. The van der Waals surface area contributed by atoms with Gasteiger partial charge in [0, 0.05) is 12.0 Å². The van der Waals surface area contributed by atoms with E-state index in [0.717, 1.165) is 6.07 Å². The lowest BCUT2D eigenvalue weighted by molar-refractivity contribution is 0.287. The van der Waals surface area contributed by atoms with Crippen LogP contribution in [0.5, 0.6) is 5.75 Å². The van der Waals surface area contributed by atoms with E-state index in [-0.39, 0.29) is 17.8 Å². The van der Waals surface area contributed by atoms with Crippen molar-refractivity contribution in [2.75, 3.05) is 0 Å². The van der Waals surface area contributed by atoms with Crippen LogP contribution in [0.25, 0.3) is 0 Å². The molecule has 0 aliphatic carbocycles. The minimum absolute atomic E-state index is 0.0254. The average Bonchev–Trinajstić information content (AvgIpc) is 2.84. The summed E-state index contributed by atoms with van der Waals surface area (Å²) in [4.78, 5) is 4.02. The van der Waals surface area contributed by atoms with E-state index in [1.165, 1.54) is 18.5 Å². The van der Waals surface area contributed by atoms with E-state index in [0.29, 0.717) is 12.4 Å². The first-order valence-electron chi connectivity index (χ1n) is 5.77. The molecule has 100 valence electrons. The predicted molar refractivity (Wildman–Crippen MR) is 66.3 cm³/mol. The number of nitrogens with zero attached hydrogens (tertiary/aromatic N) is 3. The van der Waals surface area contributed by atoms with Crippen LogP contribution in [0, 0.1) is 5.82 Å². The number of hydrogen-bond donors (Lipinski definition) is 2. The maximum atomic E-state index is 13.0. The lowest BCUT2D eigenvalue weighted by atomic mass is 9.79. The van der Waals surface area contributed by atoms with Gasteiger partial charge < -0.3 is 14.8 Å². The average molecular weight is 265 g/mol. The summed E-state index contributed by atoms with van der Waals surface area (Å²) in [5.41, 5.74) is -0.0254. The minimum Gasteiger partial charge on any atom is -0.486 e. The van der Waals surface area contributed by atoms with Crippen LogP contribution in [-0.2, 0) is 13.2 Å². The molecular formula is C11H13BFN3O3. The van der Waals surface area contributed by atoms with Gasteiger partial charge in [0.05, 0.1) is 0 Å². The first-order chi connectivity index (χ1) is 9.11. The van der Waals surface area contributed by atoms with E-state index in [1.54, 1.807) is 4.68 Å². The number of hydrogen-bond acceptors (Lipinski definition) is 5. The van der Waals surface area contributed by atoms with Gasteiger partial charge in [-0.15, -0.1) is 0 Å². The summed E-state index contributed by atoms with van der Waals surface area (Å²) < 4.78 is 20.1. The van der Waals surface area contributed by atoms with Gasteiger partial charge >= 0.3 is 7.12 Å². The van der Waals surface area contributed by atoms with Gasteiger partial charge in [0.1, 0.15) is 24.5 Å². The zero-order valence-corrected chi connectivity index (χ0v) is 10.3. The van der Waals surface area contributed by atoms with Crippen LogP contribution in [0.15, 0.2) is 24.5 Å². The molecule has 0 spiro atoms. The summed E-state index contributed by atoms with van der Waals surface area (Å²) in [6.07, 6.45) is 1.41. The summed E-state index contributed by atoms with van der Waals surface area (Å²) in [5, 5.41) is 22.3. The number of aromatic nitrogens is 3. The molecule has 2 aromatic rings. The molecule has 6 nitrogen and oxygen atoms in total. The van der Waals surface area contributed by atoms with Gasteiger partial charge in [0.15, 0.2) is 5.82 Å². The van der Waals surface area contributed by atoms with E-state index in [4.69, 9.17) is 14.8 Å². The van der Waals surface area contributed by atoms with E-state index < -0.39 is 12.9 Å². The van der Waals surface area contributed by atoms with Crippen LogP contribution in [0.3, 0.4) is 0 Å². The van der Waals surface area contributed by atoms with Crippen molar-refractivity contribution in [3.8, 4) is 5.75 Å². The molecule has 1 aromatic heterocycles. The molecule has 0 saturated carbocycles. The van der Waals surface area contributed by atoms with Crippen molar-refractivity contribution in [1.82, 2.24) is 14.8 Å². The first-order valence-corrected chi connectivity index (χ1v) is 5.77. The highest BCUT2D eigenvalue weighted by Crippen LogP contribution is 2.11. The summed E-state index contributed by atoms with van der Waals surface area (Å²) in [7, 11) is -1.80. The van der Waals surface area contributed by atoms with Crippen LogP contribution >= 0.6 is 0 Å². The Morgan fingerprint density at radius 3 is 2.89 bits per heavy atom. The lowest BCUT2D eigenvalue weighted by Gasteiger charge is -2.11. The molecule has 0 atom stereocenters. The highest BCUT2D eigenvalue weighted by atomic mass is 19.1. The Morgan fingerprint density at radius 2 is 2.21 bits per heavy atom. The molecule has 0 saturated heterocycles. The predicted octanol–water partition coefficient (Wildman–Crippen LogP) is -0.304. The number of benzene rings is 1. The summed E-state index contributed by atoms with van der Waals surface area (Å²) in [6.45, 7) is 2.68. The standard InChI is InChI=1S/C11H13BFN3O3/c1-2-16-11(14-7-15-16)6-19-10-4-3-8(13)5-9(10)12(17)18/h3-5,7,17-18H,2,6H2,1H3. The molecule has 1 aromatic carbocycles. The van der Waals surface area contributed by atoms with Crippen molar-refractivity contribution >= 4 is 12.6 Å². The van der Waals surface area contributed by atoms with E-state index >= 15 is 0 Å². The Kier molecular flexibility index (Phi) is 4.13. The van der Waals surface area contributed by atoms with Crippen LogP contribution in [0.1, 0.15) is 12.7 Å². The third-order valence-electron chi connectivity index (χ3n) is 2.60. The van der Waals surface area contributed by atoms with Crippen LogP contribution in [-0.4, -0.2) is 31.9 Å². The molecule has 8 heteroatoms. The second-order valence-corrected chi connectivity index (χ2v) is 3.84. The van der Waals surface area contributed by atoms with Crippen molar-refractivity contribution in [1.29, 1.82) is 0 Å². The normalized spacial score (nSPS) is 10.5. The second kappa shape index (κ2) is 5.81. The van der Waals surface area contributed by atoms with E-state index in [2.05, 4.69) is 10.1 Å². The molecule has 0 radical (unpaired) electrons. The number of rotatable bonds is 5.